The lowest BCUT2D eigenvalue weighted by molar-refractivity contribution is 0.694. The van der Waals surface area contributed by atoms with Crippen LogP contribution >= 0.6 is 0 Å². The van der Waals surface area contributed by atoms with Crippen molar-refractivity contribution in [3.63, 3.8) is 0 Å². The molecule has 0 radical (unpaired) electrons. The van der Waals surface area contributed by atoms with Crippen molar-refractivity contribution in [3.8, 4) is 0 Å². The van der Waals surface area contributed by atoms with Gasteiger partial charge in [-0.15, -0.1) is 0 Å². The first kappa shape index (κ1) is 17.0. The Morgan fingerprint density at radius 3 is 2.55 bits per heavy atom. The minimum atomic E-state index is 0.472. The largest absolute Gasteiger partial charge is 0.360 e. The van der Waals surface area contributed by atoms with Crippen molar-refractivity contribution in [1.29, 1.82) is 0 Å². The van der Waals surface area contributed by atoms with E-state index in [1.807, 2.05) is 0 Å². The number of nitrogens with one attached hydrogen (secondary N) is 1. The molecule has 20 heavy (non-hydrogen) atoms. The molecule has 0 bridgehead atoms. The van der Waals surface area contributed by atoms with Crippen molar-refractivity contribution in [2.45, 2.75) is 59.4 Å². The maximum absolute atomic E-state index is 4.82. The van der Waals surface area contributed by atoms with Crippen molar-refractivity contribution < 1.29 is 0 Å². The van der Waals surface area contributed by atoms with Crippen LogP contribution in [0.1, 0.15) is 64.1 Å². The third-order valence-electron chi connectivity index (χ3n) is 3.55. The van der Waals surface area contributed by atoms with Gasteiger partial charge in [-0.1, -0.05) is 40.5 Å². The van der Waals surface area contributed by atoms with Gasteiger partial charge in [0.1, 0.15) is 5.82 Å². The quantitative estimate of drug-likeness (QED) is 0.693. The van der Waals surface area contributed by atoms with Crippen LogP contribution in [-0.4, -0.2) is 25.1 Å². The number of hydrogen-bond acceptors (Lipinski definition) is 3. The van der Waals surface area contributed by atoms with Crippen LogP contribution < -0.4 is 10.2 Å². The molecule has 0 aliphatic heterocycles. The van der Waals surface area contributed by atoms with Crippen LogP contribution in [0.2, 0.25) is 0 Å². The van der Waals surface area contributed by atoms with Gasteiger partial charge < -0.3 is 10.2 Å². The van der Waals surface area contributed by atoms with Crippen molar-refractivity contribution in [2.75, 3.05) is 25.0 Å². The van der Waals surface area contributed by atoms with E-state index in [0.29, 0.717) is 5.92 Å². The molecule has 114 valence electrons. The second-order valence-corrected chi connectivity index (χ2v) is 5.82. The van der Waals surface area contributed by atoms with Crippen LogP contribution in [0.25, 0.3) is 0 Å². The monoisotopic (exact) mass is 277 g/mol. The Morgan fingerprint density at radius 1 is 1.20 bits per heavy atom. The number of nitrogens with zero attached hydrogens (tertiary/aromatic N) is 2. The van der Waals surface area contributed by atoms with Crippen LogP contribution in [0.3, 0.4) is 0 Å². The third kappa shape index (κ3) is 5.49. The predicted molar refractivity (Wildman–Crippen MR) is 88.5 cm³/mol. The van der Waals surface area contributed by atoms with E-state index in [2.05, 4.69) is 57.1 Å². The number of anilines is 1. The second-order valence-electron chi connectivity index (χ2n) is 5.82. The Labute approximate surface area is 124 Å². The molecule has 1 aromatic rings. The molecular formula is C17H31N3. The van der Waals surface area contributed by atoms with E-state index >= 15 is 0 Å². The molecule has 0 aliphatic carbocycles. The minimum Gasteiger partial charge on any atom is -0.360 e. The SMILES string of the molecule is CCCCCN(C)c1cc(CNCC)cc(C(C)C)n1. The number of pyridine rings is 1. The molecule has 1 aromatic heterocycles. The van der Waals surface area contributed by atoms with Crippen LogP contribution in [0.15, 0.2) is 12.1 Å². The van der Waals surface area contributed by atoms with E-state index < -0.39 is 0 Å². The molecule has 0 atom stereocenters. The molecule has 0 amide bonds. The van der Waals surface area contributed by atoms with E-state index in [4.69, 9.17) is 4.98 Å². The van der Waals surface area contributed by atoms with Crippen LogP contribution in [-0.2, 0) is 6.54 Å². The van der Waals surface area contributed by atoms with Gasteiger partial charge in [-0.2, -0.15) is 0 Å². The molecule has 0 spiro atoms. The minimum absolute atomic E-state index is 0.472. The second kappa shape index (κ2) is 8.96. The normalized spacial score (nSPS) is 11.1. The zero-order valence-corrected chi connectivity index (χ0v) is 13.9. The number of aromatic nitrogens is 1. The molecule has 1 rings (SSSR count). The maximum atomic E-state index is 4.82. The lowest BCUT2D eigenvalue weighted by Crippen LogP contribution is -2.21. The Morgan fingerprint density at radius 2 is 1.95 bits per heavy atom. The van der Waals surface area contributed by atoms with Crippen molar-refractivity contribution in [1.82, 2.24) is 10.3 Å². The van der Waals surface area contributed by atoms with Gasteiger partial charge in [0.2, 0.25) is 0 Å². The fourth-order valence-electron chi connectivity index (χ4n) is 2.17. The smallest absolute Gasteiger partial charge is 0.128 e. The molecule has 0 fully saturated rings. The van der Waals surface area contributed by atoms with Crippen molar-refractivity contribution in [2.24, 2.45) is 0 Å². The third-order valence-corrected chi connectivity index (χ3v) is 3.55. The number of hydrogen-bond donors (Lipinski definition) is 1. The summed E-state index contributed by atoms with van der Waals surface area (Å²) in [5.74, 6) is 1.58. The fourth-order valence-corrected chi connectivity index (χ4v) is 2.17. The molecular weight excluding hydrogens is 246 g/mol. The number of rotatable bonds is 9. The number of unbranched alkanes of at least 4 members (excludes halogenated alkanes) is 2. The summed E-state index contributed by atoms with van der Waals surface area (Å²) in [6.45, 7) is 11.8. The highest BCUT2D eigenvalue weighted by molar-refractivity contribution is 5.42. The summed E-state index contributed by atoms with van der Waals surface area (Å²) >= 11 is 0. The molecule has 0 unspecified atom stereocenters. The molecule has 0 saturated carbocycles. The van der Waals surface area contributed by atoms with Crippen LogP contribution in [0.5, 0.6) is 0 Å². The topological polar surface area (TPSA) is 28.2 Å². The fraction of sp³-hybridized carbons (Fsp3) is 0.706. The van der Waals surface area contributed by atoms with Crippen LogP contribution in [0.4, 0.5) is 5.82 Å². The van der Waals surface area contributed by atoms with Gasteiger partial charge in [0.15, 0.2) is 0 Å². The van der Waals surface area contributed by atoms with Gasteiger partial charge in [0.25, 0.3) is 0 Å². The molecule has 1 N–H and O–H groups in total. The van der Waals surface area contributed by atoms with E-state index in [-0.39, 0.29) is 0 Å². The Bertz CT molecular complexity index is 388. The van der Waals surface area contributed by atoms with Gasteiger partial charge in [0.05, 0.1) is 0 Å². The molecule has 1 heterocycles. The summed E-state index contributed by atoms with van der Waals surface area (Å²) in [6, 6.07) is 4.46. The molecule has 0 saturated heterocycles. The van der Waals surface area contributed by atoms with E-state index in [1.165, 1.54) is 30.5 Å². The lowest BCUT2D eigenvalue weighted by atomic mass is 10.1. The standard InChI is InChI=1S/C17H31N3/c1-6-8-9-10-20(5)17-12-15(13-18-7-2)11-16(19-17)14(3)4/h11-12,14,18H,6-10,13H2,1-5H3. The van der Waals surface area contributed by atoms with Gasteiger partial charge in [-0.05, 0) is 36.6 Å². The molecule has 3 nitrogen and oxygen atoms in total. The Kier molecular flexibility index (Phi) is 7.60. The first-order valence-electron chi connectivity index (χ1n) is 8.01. The summed E-state index contributed by atoms with van der Waals surface area (Å²) in [5.41, 5.74) is 2.53. The van der Waals surface area contributed by atoms with Gasteiger partial charge in [0, 0.05) is 25.8 Å². The van der Waals surface area contributed by atoms with E-state index in [0.717, 1.165) is 25.5 Å². The van der Waals surface area contributed by atoms with Gasteiger partial charge >= 0.3 is 0 Å². The average Bonchev–Trinajstić information content (AvgIpc) is 2.44. The zero-order valence-electron chi connectivity index (χ0n) is 13.9. The van der Waals surface area contributed by atoms with Crippen molar-refractivity contribution >= 4 is 5.82 Å². The lowest BCUT2D eigenvalue weighted by Gasteiger charge is -2.21. The Balaban J connectivity index is 2.84. The molecule has 0 aromatic carbocycles. The van der Waals surface area contributed by atoms with Gasteiger partial charge in [-0.25, -0.2) is 4.98 Å². The maximum Gasteiger partial charge on any atom is 0.128 e. The molecule has 0 aliphatic rings. The van der Waals surface area contributed by atoms with Crippen LogP contribution in [0, 0.1) is 0 Å². The Hall–Kier alpha value is -1.09. The molecule has 3 heteroatoms. The summed E-state index contributed by atoms with van der Waals surface area (Å²) in [7, 11) is 2.15. The predicted octanol–water partition coefficient (Wildman–Crippen LogP) is 3.94. The first-order chi connectivity index (χ1) is 9.58. The summed E-state index contributed by atoms with van der Waals surface area (Å²) in [4.78, 5) is 7.11. The highest BCUT2D eigenvalue weighted by Gasteiger charge is 2.09. The summed E-state index contributed by atoms with van der Waals surface area (Å²) in [5, 5.41) is 3.40. The van der Waals surface area contributed by atoms with E-state index in [1.54, 1.807) is 0 Å². The summed E-state index contributed by atoms with van der Waals surface area (Å²) < 4.78 is 0. The summed E-state index contributed by atoms with van der Waals surface area (Å²) in [6.07, 6.45) is 3.79. The van der Waals surface area contributed by atoms with Crippen molar-refractivity contribution in [3.05, 3.63) is 23.4 Å². The highest BCUT2D eigenvalue weighted by atomic mass is 15.2. The van der Waals surface area contributed by atoms with Gasteiger partial charge in [-0.3, -0.25) is 0 Å². The first-order valence-corrected chi connectivity index (χ1v) is 8.01. The highest BCUT2D eigenvalue weighted by Crippen LogP contribution is 2.20. The zero-order chi connectivity index (χ0) is 15.0. The van der Waals surface area contributed by atoms with E-state index in [9.17, 15) is 0 Å². The average molecular weight is 277 g/mol.